The lowest BCUT2D eigenvalue weighted by Crippen LogP contribution is -2.50. The Hall–Kier alpha value is -3.89. The summed E-state index contributed by atoms with van der Waals surface area (Å²) < 4.78 is 109. The maximum absolute atomic E-state index is 15.1. The summed E-state index contributed by atoms with van der Waals surface area (Å²) in [6, 6.07) is 9.28. The minimum Gasteiger partial charge on any atom is -0.319 e. The smallest absolute Gasteiger partial charge is 0.319 e. The van der Waals surface area contributed by atoms with Crippen LogP contribution in [0.25, 0.3) is 0 Å². The van der Waals surface area contributed by atoms with Crippen molar-refractivity contribution in [2.45, 2.75) is 37.8 Å². The van der Waals surface area contributed by atoms with Gasteiger partial charge in [0.1, 0.15) is 5.82 Å². The van der Waals surface area contributed by atoms with Crippen molar-refractivity contribution < 1.29 is 44.7 Å². The van der Waals surface area contributed by atoms with Gasteiger partial charge in [0, 0.05) is 23.2 Å². The van der Waals surface area contributed by atoms with Gasteiger partial charge in [-0.15, -0.1) is 0 Å². The predicted octanol–water partition coefficient (Wildman–Crippen LogP) is 8.91. The quantitative estimate of drug-likeness (QED) is 0.257. The second kappa shape index (κ2) is 11.9. The molecule has 5 nitrogen and oxygen atoms in total. The van der Waals surface area contributed by atoms with E-state index in [2.05, 4.69) is 5.32 Å². The molecule has 1 fully saturated rings. The van der Waals surface area contributed by atoms with Crippen molar-refractivity contribution in [2.75, 3.05) is 16.8 Å². The molecule has 0 atom stereocenters. The molecule has 232 valence electrons. The van der Waals surface area contributed by atoms with Crippen LogP contribution in [0.15, 0.2) is 48.5 Å². The number of nitriles is 1. The number of hydrogen-bond donors (Lipinski definition) is 1. The molecule has 0 heterocycles. The van der Waals surface area contributed by atoms with E-state index in [0.717, 1.165) is 35.9 Å². The molecule has 0 unspecified atom stereocenters. The highest BCUT2D eigenvalue weighted by atomic mass is 35.5. The van der Waals surface area contributed by atoms with Gasteiger partial charge in [0.2, 0.25) is 0 Å². The van der Waals surface area contributed by atoms with Gasteiger partial charge >= 0.3 is 18.0 Å². The van der Waals surface area contributed by atoms with Crippen LogP contribution in [0.2, 0.25) is 10.0 Å². The van der Waals surface area contributed by atoms with Crippen molar-refractivity contribution in [1.82, 2.24) is 0 Å². The lowest BCUT2D eigenvalue weighted by molar-refractivity contribution is -0.348. The van der Waals surface area contributed by atoms with Crippen molar-refractivity contribution >= 4 is 46.4 Å². The van der Waals surface area contributed by atoms with E-state index in [9.17, 15) is 45.6 Å². The molecule has 4 rings (SSSR count). The zero-order valence-corrected chi connectivity index (χ0v) is 23.8. The number of halogens is 10. The van der Waals surface area contributed by atoms with E-state index in [1.165, 1.54) is 18.2 Å². The largest absolute Gasteiger partial charge is 0.435 e. The first-order valence-corrected chi connectivity index (χ1v) is 13.4. The fourth-order valence-corrected chi connectivity index (χ4v) is 4.93. The van der Waals surface area contributed by atoms with Gasteiger partial charge in [0.15, 0.2) is 0 Å². The molecular formula is C29H19Cl2F8N3O2. The molecule has 0 radical (unpaired) electrons. The fraction of sp³-hybridized carbons (Fsp3) is 0.276. The van der Waals surface area contributed by atoms with Gasteiger partial charge in [0.05, 0.1) is 33.1 Å². The van der Waals surface area contributed by atoms with Crippen molar-refractivity contribution in [3.63, 3.8) is 0 Å². The van der Waals surface area contributed by atoms with Crippen LogP contribution in [0.3, 0.4) is 0 Å². The number of carbonyl (C=O) groups is 2. The van der Waals surface area contributed by atoms with Crippen LogP contribution in [-0.4, -0.2) is 30.7 Å². The minimum absolute atomic E-state index is 0.0374. The number of hydrogen-bond acceptors (Lipinski definition) is 3. The van der Waals surface area contributed by atoms with Crippen molar-refractivity contribution in [3.05, 3.63) is 92.2 Å². The third-order valence-electron chi connectivity index (χ3n) is 6.94. The van der Waals surface area contributed by atoms with Gasteiger partial charge in [-0.25, -0.2) is 8.78 Å². The molecule has 44 heavy (non-hydrogen) atoms. The van der Waals surface area contributed by atoms with E-state index < -0.39 is 56.9 Å². The van der Waals surface area contributed by atoms with Crippen molar-refractivity contribution in [3.8, 4) is 6.07 Å². The first-order chi connectivity index (χ1) is 20.4. The molecule has 1 aliphatic carbocycles. The molecule has 0 saturated heterocycles. The fourth-order valence-electron chi connectivity index (χ4n) is 4.35. The predicted molar refractivity (Wildman–Crippen MR) is 146 cm³/mol. The first kappa shape index (κ1) is 33.0. The number of nitrogens with one attached hydrogen (secondary N) is 1. The van der Waals surface area contributed by atoms with E-state index >= 15 is 4.39 Å². The molecule has 0 spiro atoms. The maximum atomic E-state index is 15.1. The molecule has 0 aromatic heterocycles. The Morgan fingerprint density at radius 2 is 1.50 bits per heavy atom. The summed E-state index contributed by atoms with van der Waals surface area (Å²) in [6.45, 7) is 1.72. The van der Waals surface area contributed by atoms with Gasteiger partial charge in [0.25, 0.3) is 11.8 Å². The normalized spacial score (nSPS) is 13.8. The summed E-state index contributed by atoms with van der Waals surface area (Å²) in [6.07, 6.45) is -11.3. The van der Waals surface area contributed by atoms with Gasteiger partial charge < -0.3 is 10.2 Å². The van der Waals surface area contributed by atoms with Gasteiger partial charge in [-0.2, -0.15) is 31.6 Å². The number of anilines is 2. The molecule has 2 amide bonds. The molecule has 15 heteroatoms. The summed E-state index contributed by atoms with van der Waals surface area (Å²) in [5, 5.41) is 9.42. The molecule has 3 aromatic rings. The minimum atomic E-state index is -6.42. The summed E-state index contributed by atoms with van der Waals surface area (Å²) in [7, 11) is 0. The highest BCUT2D eigenvalue weighted by Crippen LogP contribution is 2.54. The second-order valence-corrected chi connectivity index (χ2v) is 10.9. The molecule has 1 saturated carbocycles. The highest BCUT2D eigenvalue weighted by Gasteiger charge is 2.73. The summed E-state index contributed by atoms with van der Waals surface area (Å²) >= 11 is 11.7. The Morgan fingerprint density at radius 1 is 0.932 bits per heavy atom. The lowest BCUT2D eigenvalue weighted by atomic mass is 9.94. The van der Waals surface area contributed by atoms with Crippen LogP contribution in [-0.2, 0) is 5.67 Å². The SMILES string of the molecule is Cc1cc(C(=O)N(CC2CC2)c2cc(C(=O)Nc3c(Cl)cc(C(F)(C(F)(F)F)C(F)(F)F)cc3Cl)ccc2F)ccc1C#N. The Kier molecular flexibility index (Phi) is 8.92. The third kappa shape index (κ3) is 6.32. The van der Waals surface area contributed by atoms with Gasteiger partial charge in [-0.05, 0) is 79.8 Å². The average molecular weight is 664 g/mol. The van der Waals surface area contributed by atoms with E-state index in [0.29, 0.717) is 11.1 Å². The molecular weight excluding hydrogens is 645 g/mol. The van der Waals surface area contributed by atoms with Gasteiger partial charge in [-0.1, -0.05) is 23.2 Å². The Morgan fingerprint density at radius 3 is 2.00 bits per heavy atom. The van der Waals surface area contributed by atoms with Crippen LogP contribution in [0.1, 0.15) is 50.2 Å². The van der Waals surface area contributed by atoms with Crippen LogP contribution in [0.4, 0.5) is 46.5 Å². The van der Waals surface area contributed by atoms with Gasteiger partial charge in [-0.3, -0.25) is 9.59 Å². The summed E-state index contributed by atoms with van der Waals surface area (Å²) in [5.74, 6) is -2.51. The number of alkyl halides is 7. The second-order valence-electron chi connectivity index (χ2n) is 10.1. The first-order valence-electron chi connectivity index (χ1n) is 12.6. The maximum Gasteiger partial charge on any atom is 0.435 e. The van der Waals surface area contributed by atoms with Crippen LogP contribution >= 0.6 is 23.2 Å². The zero-order chi connectivity index (χ0) is 32.8. The zero-order valence-electron chi connectivity index (χ0n) is 22.3. The number of rotatable bonds is 7. The van der Waals surface area contributed by atoms with Crippen molar-refractivity contribution in [1.29, 1.82) is 5.26 Å². The van der Waals surface area contributed by atoms with E-state index in [1.807, 2.05) is 6.07 Å². The number of aryl methyl sites for hydroxylation is 1. The Balaban J connectivity index is 1.68. The average Bonchev–Trinajstić information content (AvgIpc) is 3.76. The third-order valence-corrected chi connectivity index (χ3v) is 7.53. The molecule has 3 aromatic carbocycles. The van der Waals surface area contributed by atoms with Crippen LogP contribution in [0.5, 0.6) is 0 Å². The number of carbonyl (C=O) groups excluding carboxylic acids is 2. The highest BCUT2D eigenvalue weighted by molar-refractivity contribution is 6.40. The Bertz CT molecular complexity index is 1640. The number of amides is 2. The molecule has 0 aliphatic heterocycles. The topological polar surface area (TPSA) is 73.2 Å². The van der Waals surface area contributed by atoms with E-state index in [1.54, 1.807) is 6.92 Å². The summed E-state index contributed by atoms with van der Waals surface area (Å²) in [5.41, 5.74) is -7.99. The van der Waals surface area contributed by atoms with Crippen LogP contribution in [0, 0.1) is 30.0 Å². The monoisotopic (exact) mass is 663 g/mol. The van der Waals surface area contributed by atoms with E-state index in [-0.39, 0.29) is 41.4 Å². The van der Waals surface area contributed by atoms with Crippen molar-refractivity contribution in [2.24, 2.45) is 5.92 Å². The lowest BCUT2D eigenvalue weighted by Gasteiger charge is -2.30. The molecule has 0 bridgehead atoms. The number of benzene rings is 3. The standard InChI is InChI=1S/C29H19Cl2F8N3O2/c1-14-8-17(4-5-18(14)12-40)26(44)42(13-15-2-3-15)23-9-16(6-7-22(23)32)25(43)41-24-20(30)10-19(11-21(24)31)27(33,28(34,35)36)29(37,38)39/h4-11,15H,2-3,13H2,1H3,(H,41,43). The molecule has 1 N–H and O–H groups in total. The summed E-state index contributed by atoms with van der Waals surface area (Å²) in [4.78, 5) is 27.7. The Labute approximate surface area is 255 Å². The molecule has 1 aliphatic rings. The van der Waals surface area contributed by atoms with E-state index in [4.69, 9.17) is 23.2 Å². The number of nitrogens with zero attached hydrogens (tertiary/aromatic N) is 2. The van der Waals surface area contributed by atoms with Crippen LogP contribution < -0.4 is 10.2 Å².